The van der Waals surface area contributed by atoms with Gasteiger partial charge in [0.2, 0.25) is 0 Å². The molecule has 0 aromatic carbocycles. The predicted molar refractivity (Wildman–Crippen MR) is 42.2 cm³/mol. The van der Waals surface area contributed by atoms with Crippen molar-refractivity contribution in [3.8, 4) is 0 Å². The molecule has 4 nitrogen and oxygen atoms in total. The van der Waals surface area contributed by atoms with Gasteiger partial charge < -0.3 is 10.2 Å². The number of hydrogen-bond donors (Lipinski definition) is 2. The monoisotopic (exact) mass is 234 g/mol. The van der Waals surface area contributed by atoms with Crippen molar-refractivity contribution >= 4 is 57.4 Å². The molecule has 60 valence electrons. The summed E-state index contributed by atoms with van der Waals surface area (Å²) in [5.74, 6) is -2.39. The van der Waals surface area contributed by atoms with E-state index in [4.69, 9.17) is 10.2 Å². The summed E-state index contributed by atoms with van der Waals surface area (Å²) >= 11 is 0. The molecule has 5 heteroatoms. The normalized spacial score (nSPS) is 11.1. The Balaban J connectivity index is 0. The summed E-state index contributed by atoms with van der Waals surface area (Å²) in [4.78, 5) is 20.2. The molecule has 0 amide bonds. The van der Waals surface area contributed by atoms with Crippen molar-refractivity contribution in [1.82, 2.24) is 0 Å². The molecule has 0 aliphatic carbocycles. The molecule has 0 aromatic heterocycles. The van der Waals surface area contributed by atoms with Crippen LogP contribution >= 0.6 is 0 Å². The van der Waals surface area contributed by atoms with Crippen molar-refractivity contribution in [3.63, 3.8) is 0 Å². The van der Waals surface area contributed by atoms with Gasteiger partial charge in [-0.1, -0.05) is 0 Å². The van der Waals surface area contributed by atoms with Crippen LogP contribution in [0.2, 0.25) is 0 Å². The van der Waals surface area contributed by atoms with Crippen LogP contribution in [-0.4, -0.2) is 67.6 Å². The van der Waals surface area contributed by atoms with Crippen molar-refractivity contribution in [2.45, 2.75) is 13.8 Å². The average Bonchev–Trinajstić information content (AvgIpc) is 1.84. The second kappa shape index (κ2) is 5.77. The minimum absolute atomic E-state index is 0. The van der Waals surface area contributed by atoms with E-state index in [0.717, 1.165) is 0 Å². The van der Waals surface area contributed by atoms with Crippen LogP contribution in [-0.2, 0) is 9.59 Å². The van der Waals surface area contributed by atoms with Crippen LogP contribution < -0.4 is 0 Å². The second-order valence-corrected chi connectivity index (χ2v) is 1.86. The molecule has 0 saturated heterocycles. The fraction of sp³-hybridized carbons (Fsp3) is 0.333. The Bertz CT molecular complexity index is 185. The van der Waals surface area contributed by atoms with Crippen LogP contribution in [0.25, 0.3) is 0 Å². The van der Waals surface area contributed by atoms with E-state index < -0.39 is 11.9 Å². The maximum atomic E-state index is 10.1. The molecule has 0 saturated carbocycles. The first kappa shape index (κ1) is 13.7. The predicted octanol–water partition coefficient (Wildman–Crippen LogP) is -0.424. The van der Waals surface area contributed by atoms with Crippen LogP contribution in [0.3, 0.4) is 0 Å². The van der Waals surface area contributed by atoms with Gasteiger partial charge in [0.05, 0.1) is 0 Å². The molecule has 0 unspecified atom stereocenters. The maximum absolute atomic E-state index is 10.1. The Hall–Kier alpha value is 0.161. The van der Waals surface area contributed by atoms with E-state index in [9.17, 15) is 9.59 Å². The van der Waals surface area contributed by atoms with Crippen LogP contribution in [0.15, 0.2) is 11.1 Å². The third-order valence-corrected chi connectivity index (χ3v) is 1.20. The Labute approximate surface area is 101 Å². The molecule has 0 rings (SSSR count). The van der Waals surface area contributed by atoms with Crippen LogP contribution in [0.1, 0.15) is 13.8 Å². The second-order valence-electron chi connectivity index (χ2n) is 1.86. The van der Waals surface area contributed by atoms with E-state index in [1.807, 2.05) is 0 Å². The topological polar surface area (TPSA) is 74.6 Å². The SMILES string of the molecule is C/C(C(=O)O)=C(\C)C(=O)O.[SrH2]. The van der Waals surface area contributed by atoms with Crippen molar-refractivity contribution in [3.05, 3.63) is 11.1 Å². The van der Waals surface area contributed by atoms with Crippen LogP contribution in [0.4, 0.5) is 0 Å². The van der Waals surface area contributed by atoms with Crippen molar-refractivity contribution < 1.29 is 19.8 Å². The summed E-state index contributed by atoms with van der Waals surface area (Å²) in [5, 5.41) is 16.6. The standard InChI is InChI=1S/C6H8O4.Sr.2H/c1-3(5(7)8)4(2)6(9)10;;;/h1-2H3,(H,7,8)(H,9,10);;;/b4-3-;;;. The molecule has 0 aliphatic heterocycles. The van der Waals surface area contributed by atoms with E-state index in [1.165, 1.54) is 13.8 Å². The summed E-state index contributed by atoms with van der Waals surface area (Å²) in [6.07, 6.45) is 0. The van der Waals surface area contributed by atoms with Crippen LogP contribution in [0.5, 0.6) is 0 Å². The zero-order valence-electron chi connectivity index (χ0n) is 5.71. The molecule has 0 aliphatic rings. The van der Waals surface area contributed by atoms with E-state index in [0.29, 0.717) is 0 Å². The Kier molecular flexibility index (Phi) is 7.20. The number of carboxylic acids is 2. The molecular formula is C6H10O4Sr. The van der Waals surface area contributed by atoms with E-state index in [2.05, 4.69) is 0 Å². The summed E-state index contributed by atoms with van der Waals surface area (Å²) in [6, 6.07) is 0. The molecule has 0 fully saturated rings. The van der Waals surface area contributed by atoms with Gasteiger partial charge in [0.25, 0.3) is 0 Å². The molecule has 0 atom stereocenters. The molecule has 0 radical (unpaired) electrons. The summed E-state index contributed by atoms with van der Waals surface area (Å²) in [5.41, 5.74) is -0.264. The molecule has 0 bridgehead atoms. The zero-order valence-corrected chi connectivity index (χ0v) is 5.71. The number of rotatable bonds is 2. The van der Waals surface area contributed by atoms with Gasteiger partial charge in [-0.15, -0.1) is 0 Å². The van der Waals surface area contributed by atoms with Crippen molar-refractivity contribution in [2.24, 2.45) is 0 Å². The summed E-state index contributed by atoms with van der Waals surface area (Å²) < 4.78 is 0. The Morgan fingerprint density at radius 1 is 0.909 bits per heavy atom. The summed E-state index contributed by atoms with van der Waals surface area (Å²) in [6.45, 7) is 2.51. The minimum atomic E-state index is -1.19. The van der Waals surface area contributed by atoms with Crippen molar-refractivity contribution in [1.29, 1.82) is 0 Å². The average molecular weight is 234 g/mol. The molecule has 0 aromatic rings. The van der Waals surface area contributed by atoms with Crippen LogP contribution in [0, 0.1) is 0 Å². The fourth-order valence-electron chi connectivity index (χ4n) is 0.321. The van der Waals surface area contributed by atoms with Gasteiger partial charge in [0.1, 0.15) is 0 Å². The Morgan fingerprint density at radius 2 is 1.09 bits per heavy atom. The first-order valence-electron chi connectivity index (χ1n) is 2.61. The van der Waals surface area contributed by atoms with E-state index in [1.54, 1.807) is 0 Å². The molecule has 0 heterocycles. The third kappa shape index (κ3) is 4.58. The number of hydrogen-bond acceptors (Lipinski definition) is 2. The fourth-order valence-corrected chi connectivity index (χ4v) is 0.321. The van der Waals surface area contributed by atoms with Gasteiger partial charge in [-0.05, 0) is 13.8 Å². The first-order valence-corrected chi connectivity index (χ1v) is 2.61. The first-order chi connectivity index (χ1) is 4.46. The van der Waals surface area contributed by atoms with Gasteiger partial charge in [-0.3, -0.25) is 0 Å². The van der Waals surface area contributed by atoms with Gasteiger partial charge >= 0.3 is 57.4 Å². The van der Waals surface area contributed by atoms with E-state index in [-0.39, 0.29) is 56.6 Å². The summed E-state index contributed by atoms with van der Waals surface area (Å²) in [7, 11) is 0. The zero-order chi connectivity index (χ0) is 8.31. The number of carbonyl (C=O) groups is 2. The molecular weight excluding hydrogens is 224 g/mol. The molecule has 11 heavy (non-hydrogen) atoms. The van der Waals surface area contributed by atoms with Gasteiger partial charge in [0, 0.05) is 11.1 Å². The Morgan fingerprint density at radius 3 is 1.18 bits per heavy atom. The van der Waals surface area contributed by atoms with Crippen molar-refractivity contribution in [2.75, 3.05) is 0 Å². The van der Waals surface area contributed by atoms with Gasteiger partial charge in [-0.2, -0.15) is 0 Å². The number of carboxylic acid groups (broad SMARTS) is 2. The quantitative estimate of drug-likeness (QED) is 0.502. The molecule has 2 N–H and O–H groups in total. The third-order valence-electron chi connectivity index (χ3n) is 1.20. The van der Waals surface area contributed by atoms with Gasteiger partial charge in [0.15, 0.2) is 0 Å². The number of aliphatic carboxylic acids is 2. The molecule has 0 spiro atoms. The van der Waals surface area contributed by atoms with Gasteiger partial charge in [-0.25, -0.2) is 9.59 Å². The van der Waals surface area contributed by atoms with E-state index >= 15 is 0 Å².